The van der Waals surface area contributed by atoms with E-state index in [1.54, 1.807) is 19.1 Å². The first kappa shape index (κ1) is 16.4. The fourth-order valence-electron chi connectivity index (χ4n) is 3.02. The number of hydrogen-bond donors (Lipinski definition) is 1. The lowest BCUT2D eigenvalue weighted by Gasteiger charge is -2.25. The zero-order chi connectivity index (χ0) is 17.3. The number of nitrogens with zero attached hydrogens (tertiary/aromatic N) is 5. The first-order valence-electron chi connectivity index (χ1n) is 7.60. The van der Waals surface area contributed by atoms with E-state index in [-0.39, 0.29) is 11.6 Å². The molecule has 1 fully saturated rings. The molecule has 1 N–H and O–H groups in total. The van der Waals surface area contributed by atoms with Gasteiger partial charge in [-0.15, -0.1) is 10.2 Å². The van der Waals surface area contributed by atoms with Crippen molar-refractivity contribution in [2.45, 2.75) is 25.6 Å². The van der Waals surface area contributed by atoms with Crippen molar-refractivity contribution < 1.29 is 13.9 Å². The lowest BCUT2D eigenvalue weighted by molar-refractivity contribution is 0.0903. The number of anilines is 1. The van der Waals surface area contributed by atoms with Gasteiger partial charge in [0, 0.05) is 20.0 Å². The van der Waals surface area contributed by atoms with Crippen LogP contribution in [0.3, 0.4) is 0 Å². The van der Waals surface area contributed by atoms with Crippen molar-refractivity contribution in [1.82, 2.24) is 15.1 Å². The summed E-state index contributed by atoms with van der Waals surface area (Å²) < 4.78 is 19.2. The van der Waals surface area contributed by atoms with Gasteiger partial charge in [0.15, 0.2) is 0 Å². The molecule has 8 heteroatoms. The molecular formula is C16H18FN5O2. The van der Waals surface area contributed by atoms with Gasteiger partial charge in [-0.1, -0.05) is 6.07 Å². The Bertz CT molecular complexity index is 772. The smallest absolute Gasteiger partial charge is 0.230 e. The summed E-state index contributed by atoms with van der Waals surface area (Å²) in [6.45, 7) is 2.93. The van der Waals surface area contributed by atoms with Crippen molar-refractivity contribution in [3.63, 3.8) is 0 Å². The molecule has 126 valence electrons. The van der Waals surface area contributed by atoms with Crippen LogP contribution in [0.25, 0.3) is 0 Å². The molecule has 0 saturated carbocycles. The van der Waals surface area contributed by atoms with E-state index in [9.17, 15) is 14.8 Å². The zero-order valence-corrected chi connectivity index (χ0v) is 13.5. The van der Waals surface area contributed by atoms with Crippen LogP contribution in [-0.2, 0) is 6.54 Å². The van der Waals surface area contributed by atoms with Gasteiger partial charge in [-0.2, -0.15) is 5.26 Å². The average Bonchev–Trinajstić information content (AvgIpc) is 3.12. The maximum Gasteiger partial charge on any atom is 0.230 e. The van der Waals surface area contributed by atoms with Crippen molar-refractivity contribution in [2.75, 3.05) is 25.0 Å². The second-order valence-corrected chi connectivity index (χ2v) is 5.92. The van der Waals surface area contributed by atoms with Gasteiger partial charge in [-0.05, 0) is 19.2 Å². The Balaban J connectivity index is 1.75. The highest BCUT2D eigenvalue weighted by Gasteiger charge is 2.35. The van der Waals surface area contributed by atoms with E-state index in [0.717, 1.165) is 0 Å². The lowest BCUT2D eigenvalue weighted by Crippen LogP contribution is -2.40. The molecule has 0 radical (unpaired) electrons. The van der Waals surface area contributed by atoms with Crippen molar-refractivity contribution >= 4 is 5.69 Å². The summed E-state index contributed by atoms with van der Waals surface area (Å²) in [4.78, 5) is 3.75. The van der Waals surface area contributed by atoms with Crippen LogP contribution < -0.4 is 4.90 Å². The number of β-amino-alcohol motifs (C(OH)–C–C–N with tert-alkyl or cyclic N) is 1. The minimum Gasteiger partial charge on any atom is -0.424 e. The maximum absolute atomic E-state index is 13.8. The Morgan fingerprint density at radius 2 is 2.25 bits per heavy atom. The lowest BCUT2D eigenvalue weighted by atomic mass is 10.1. The van der Waals surface area contributed by atoms with Crippen LogP contribution in [0.5, 0.6) is 0 Å². The molecule has 7 nitrogen and oxygen atoms in total. The summed E-state index contributed by atoms with van der Waals surface area (Å²) in [6, 6.07) is 6.23. The quantitative estimate of drug-likeness (QED) is 0.896. The summed E-state index contributed by atoms with van der Waals surface area (Å²) in [5.41, 5.74) is 0.501. The van der Waals surface area contributed by atoms with Crippen LogP contribution in [-0.4, -0.2) is 52.5 Å². The van der Waals surface area contributed by atoms with E-state index in [1.165, 1.54) is 6.07 Å². The molecule has 2 heterocycles. The Morgan fingerprint density at radius 3 is 2.92 bits per heavy atom. The molecule has 0 aliphatic carbocycles. The van der Waals surface area contributed by atoms with Gasteiger partial charge < -0.3 is 14.4 Å². The van der Waals surface area contributed by atoms with E-state index in [0.29, 0.717) is 37.1 Å². The monoisotopic (exact) mass is 331 g/mol. The number of aromatic nitrogens is 2. The molecule has 1 aliphatic heterocycles. The highest BCUT2D eigenvalue weighted by atomic mass is 19.1. The number of aliphatic hydroxyl groups is 1. The van der Waals surface area contributed by atoms with Crippen LogP contribution in [0, 0.1) is 24.1 Å². The number of nitriles is 1. The first-order chi connectivity index (χ1) is 11.5. The molecule has 1 aromatic heterocycles. The third-order valence-electron chi connectivity index (χ3n) is 4.22. The van der Waals surface area contributed by atoms with Crippen LogP contribution in [0.15, 0.2) is 22.6 Å². The summed E-state index contributed by atoms with van der Waals surface area (Å²) in [5, 5.41) is 27.3. The molecule has 1 aromatic carbocycles. The van der Waals surface area contributed by atoms with Crippen LogP contribution in [0.1, 0.15) is 17.3 Å². The Kier molecular flexibility index (Phi) is 4.46. The van der Waals surface area contributed by atoms with Gasteiger partial charge >= 0.3 is 0 Å². The molecular weight excluding hydrogens is 313 g/mol. The number of likely N-dealkylation sites (N-methyl/N-ethyl adjacent to an activating group) is 1. The predicted molar refractivity (Wildman–Crippen MR) is 83.6 cm³/mol. The second kappa shape index (κ2) is 6.55. The molecule has 3 rings (SSSR count). The van der Waals surface area contributed by atoms with Crippen molar-refractivity contribution in [3.05, 3.63) is 41.4 Å². The number of halogens is 1. The highest BCUT2D eigenvalue weighted by Crippen LogP contribution is 2.28. The SMILES string of the molecule is Cc1nnc(CN(C)C2CN(c3cccc(F)c3C#N)C[C@H]2O)o1. The van der Waals surface area contributed by atoms with Crippen molar-refractivity contribution in [2.24, 2.45) is 0 Å². The topological polar surface area (TPSA) is 89.4 Å². The number of rotatable bonds is 4. The van der Waals surface area contributed by atoms with Gasteiger partial charge in [0.1, 0.15) is 17.4 Å². The van der Waals surface area contributed by atoms with Crippen molar-refractivity contribution in [1.29, 1.82) is 5.26 Å². The van der Waals surface area contributed by atoms with Crippen LogP contribution in [0.2, 0.25) is 0 Å². The summed E-state index contributed by atoms with van der Waals surface area (Å²) in [5.74, 6) is 0.414. The Morgan fingerprint density at radius 1 is 1.46 bits per heavy atom. The molecule has 1 aliphatic rings. The molecule has 2 atom stereocenters. The molecule has 0 spiro atoms. The molecule has 0 amide bonds. The fraction of sp³-hybridized carbons (Fsp3) is 0.438. The fourth-order valence-corrected chi connectivity index (χ4v) is 3.02. The Hall–Kier alpha value is -2.50. The number of benzene rings is 1. The summed E-state index contributed by atoms with van der Waals surface area (Å²) in [7, 11) is 1.85. The van der Waals surface area contributed by atoms with E-state index in [1.807, 2.05) is 22.9 Å². The normalized spacial score (nSPS) is 20.6. The number of aliphatic hydroxyl groups excluding tert-OH is 1. The standard InChI is InChI=1S/C16H18FN5O2/c1-10-19-20-16(24-10)9-21(2)14-7-22(8-15(14)23)13-5-3-4-12(17)11(13)6-18/h3-5,14-15,23H,7-9H2,1-2H3/t14?,15-/m1/s1. The molecule has 0 bridgehead atoms. The minimum atomic E-state index is -0.631. The van der Waals surface area contributed by atoms with Gasteiger partial charge in [-0.3, -0.25) is 4.90 Å². The molecule has 24 heavy (non-hydrogen) atoms. The van der Waals surface area contributed by atoms with E-state index >= 15 is 0 Å². The zero-order valence-electron chi connectivity index (χ0n) is 13.5. The number of aryl methyl sites for hydroxylation is 1. The molecule has 2 aromatic rings. The predicted octanol–water partition coefficient (Wildman–Crippen LogP) is 1.07. The third kappa shape index (κ3) is 3.09. The Labute approximate surface area is 138 Å². The average molecular weight is 331 g/mol. The van der Waals surface area contributed by atoms with Gasteiger partial charge in [-0.25, -0.2) is 4.39 Å². The van der Waals surface area contributed by atoms with E-state index < -0.39 is 11.9 Å². The van der Waals surface area contributed by atoms with Crippen LogP contribution in [0.4, 0.5) is 10.1 Å². The van der Waals surface area contributed by atoms with Gasteiger partial charge in [0.25, 0.3) is 0 Å². The largest absolute Gasteiger partial charge is 0.424 e. The van der Waals surface area contributed by atoms with Crippen LogP contribution >= 0.6 is 0 Å². The minimum absolute atomic E-state index is 0.000490. The van der Waals surface area contributed by atoms with Gasteiger partial charge in [0.2, 0.25) is 11.8 Å². The number of hydrogen-bond acceptors (Lipinski definition) is 7. The van der Waals surface area contributed by atoms with E-state index in [2.05, 4.69) is 10.2 Å². The molecule has 1 unspecified atom stereocenters. The van der Waals surface area contributed by atoms with E-state index in [4.69, 9.17) is 4.42 Å². The third-order valence-corrected chi connectivity index (χ3v) is 4.22. The summed E-state index contributed by atoms with van der Waals surface area (Å²) >= 11 is 0. The first-order valence-corrected chi connectivity index (χ1v) is 7.60. The van der Waals surface area contributed by atoms with Crippen molar-refractivity contribution in [3.8, 4) is 6.07 Å². The second-order valence-electron chi connectivity index (χ2n) is 5.92. The van der Waals surface area contributed by atoms with Gasteiger partial charge in [0.05, 0.1) is 24.4 Å². The maximum atomic E-state index is 13.8. The summed E-state index contributed by atoms with van der Waals surface area (Å²) in [6.07, 6.45) is -0.631. The molecule has 1 saturated heterocycles. The highest BCUT2D eigenvalue weighted by molar-refractivity contribution is 5.60.